The zero-order chi connectivity index (χ0) is 26.4. The summed E-state index contributed by atoms with van der Waals surface area (Å²) in [5.74, 6) is 4.25. The molecule has 12 heteroatoms. The summed E-state index contributed by atoms with van der Waals surface area (Å²) in [5.41, 5.74) is 2.23. The maximum absolute atomic E-state index is 12.6. The summed E-state index contributed by atoms with van der Waals surface area (Å²) in [7, 11) is 0. The average molecular weight is 520 g/mol. The molecule has 4 heterocycles. The third kappa shape index (κ3) is 4.87. The van der Waals surface area contributed by atoms with Crippen LogP contribution in [-0.2, 0) is 27.3 Å². The Morgan fingerprint density at radius 1 is 1.41 bits per heavy atom. The Kier molecular flexibility index (Phi) is 6.35. The zero-order valence-corrected chi connectivity index (χ0v) is 20.5. The first-order valence-corrected chi connectivity index (χ1v) is 12.0. The van der Waals surface area contributed by atoms with E-state index in [0.29, 0.717) is 37.5 Å². The molecule has 1 amide bonds. The number of hydrogen-bond acceptors (Lipinski definition) is 8. The Morgan fingerprint density at radius 3 is 2.92 bits per heavy atom. The molecule has 3 fully saturated rings. The third-order valence-corrected chi connectivity index (χ3v) is 7.22. The van der Waals surface area contributed by atoms with Gasteiger partial charge in [0.15, 0.2) is 0 Å². The number of rotatable bonds is 7. The molecule has 4 aliphatic rings. The monoisotopic (exact) mass is 519 g/mol. The Labute approximate surface area is 211 Å². The summed E-state index contributed by atoms with van der Waals surface area (Å²) >= 11 is 0. The van der Waals surface area contributed by atoms with Crippen molar-refractivity contribution in [2.45, 2.75) is 69.2 Å². The standard InChI is InChI=1S/C25H28F3N5O4/c1-14(36-16-3-4-19-18(7-16)17-5-6-35-11-15(17)8-30-19)20(33-29)9-32-24-12-23(2,13-24)37-21(24)10-31-22(34)25(26,27)28/h3-4,7-9,14,21H,5-6,10-13,29H2,1-2H3,(H,31,34)/b32-9?,33-20+. The second-order valence-electron chi connectivity index (χ2n) is 10.0. The minimum absolute atomic E-state index is 0.299. The molecule has 1 aliphatic carbocycles. The summed E-state index contributed by atoms with van der Waals surface area (Å²) in [4.78, 5) is 20.4. The Hall–Kier alpha value is -3.25. The van der Waals surface area contributed by atoms with Gasteiger partial charge in [-0.2, -0.15) is 18.3 Å². The van der Waals surface area contributed by atoms with Gasteiger partial charge >= 0.3 is 12.1 Å². The smallest absolute Gasteiger partial charge is 0.471 e. The molecule has 2 atom stereocenters. The quantitative estimate of drug-likeness (QED) is 0.330. The van der Waals surface area contributed by atoms with E-state index in [-0.39, 0.29) is 6.54 Å². The highest BCUT2D eigenvalue weighted by atomic mass is 19.4. The molecule has 6 rings (SSSR count). The fourth-order valence-electron chi connectivity index (χ4n) is 5.52. The van der Waals surface area contributed by atoms with Crippen LogP contribution >= 0.6 is 0 Å². The maximum Gasteiger partial charge on any atom is 0.471 e. The van der Waals surface area contributed by atoms with Crippen molar-refractivity contribution in [1.29, 1.82) is 0 Å². The van der Waals surface area contributed by atoms with E-state index in [2.05, 4.69) is 15.1 Å². The molecular formula is C25H28F3N5O4. The summed E-state index contributed by atoms with van der Waals surface area (Å²) < 4.78 is 55.3. The number of alkyl halides is 3. The fraction of sp³-hybridized carbons (Fsp3) is 0.520. The van der Waals surface area contributed by atoms with Gasteiger partial charge in [-0.3, -0.25) is 14.8 Å². The highest BCUT2D eigenvalue weighted by Crippen LogP contribution is 2.57. The van der Waals surface area contributed by atoms with E-state index in [1.165, 1.54) is 11.8 Å². The van der Waals surface area contributed by atoms with Crippen LogP contribution in [0, 0.1) is 0 Å². The second-order valence-corrected chi connectivity index (χ2v) is 10.0. The average Bonchev–Trinajstić information content (AvgIpc) is 3.28. The van der Waals surface area contributed by atoms with Crippen molar-refractivity contribution in [2.24, 2.45) is 15.9 Å². The SMILES string of the molecule is CC(Oc1ccc2ncc3c(c2c1)CCOC3)/C(C=NC12CC(C)(C1)OC2CNC(=O)C(F)(F)F)=N/N. The van der Waals surface area contributed by atoms with E-state index in [9.17, 15) is 18.0 Å². The van der Waals surface area contributed by atoms with Crippen LogP contribution in [0.1, 0.15) is 37.8 Å². The molecule has 2 aromatic rings. The molecule has 2 saturated heterocycles. The Balaban J connectivity index is 1.29. The van der Waals surface area contributed by atoms with Crippen molar-refractivity contribution in [3.63, 3.8) is 0 Å². The van der Waals surface area contributed by atoms with Crippen LogP contribution in [0.2, 0.25) is 0 Å². The lowest BCUT2D eigenvalue weighted by Crippen LogP contribution is -2.51. The number of fused-ring (bicyclic) bond motifs is 4. The molecule has 0 radical (unpaired) electrons. The Bertz CT molecular complexity index is 1270. The molecule has 198 valence electrons. The zero-order valence-electron chi connectivity index (χ0n) is 20.5. The number of hydrogen-bond donors (Lipinski definition) is 2. The van der Waals surface area contributed by atoms with Crippen molar-refractivity contribution in [1.82, 2.24) is 10.3 Å². The summed E-state index contributed by atoms with van der Waals surface area (Å²) in [6, 6.07) is 5.65. The number of carbonyl (C=O) groups is 1. The molecule has 3 N–H and O–H groups in total. The number of nitrogens with two attached hydrogens (primary N) is 1. The van der Waals surface area contributed by atoms with Gasteiger partial charge in [0.05, 0.1) is 29.9 Å². The van der Waals surface area contributed by atoms with Crippen molar-refractivity contribution in [2.75, 3.05) is 13.2 Å². The van der Waals surface area contributed by atoms with Gasteiger partial charge in [-0.25, -0.2) is 0 Å². The lowest BCUT2D eigenvalue weighted by Gasteiger charge is -2.40. The van der Waals surface area contributed by atoms with Gasteiger partial charge in [0, 0.05) is 37.2 Å². The van der Waals surface area contributed by atoms with E-state index in [1.54, 1.807) is 6.92 Å². The lowest BCUT2D eigenvalue weighted by atomic mass is 9.67. The van der Waals surface area contributed by atoms with E-state index < -0.39 is 35.4 Å². The molecule has 3 aliphatic heterocycles. The summed E-state index contributed by atoms with van der Waals surface area (Å²) in [5, 5.41) is 6.74. The number of amides is 1. The van der Waals surface area contributed by atoms with Crippen molar-refractivity contribution < 1.29 is 32.2 Å². The summed E-state index contributed by atoms with van der Waals surface area (Å²) in [6.07, 6.45) is -1.06. The van der Waals surface area contributed by atoms with Gasteiger partial charge in [-0.05, 0) is 49.6 Å². The first kappa shape index (κ1) is 25.4. The first-order chi connectivity index (χ1) is 17.5. The number of aromatic nitrogens is 1. The van der Waals surface area contributed by atoms with E-state index >= 15 is 0 Å². The number of nitrogens with zero attached hydrogens (tertiary/aromatic N) is 3. The maximum atomic E-state index is 12.6. The van der Waals surface area contributed by atoms with Gasteiger partial charge in [0.25, 0.3) is 0 Å². The number of nitrogens with one attached hydrogen (secondary N) is 1. The number of hydrazone groups is 1. The normalized spacial score (nSPS) is 28.1. The van der Waals surface area contributed by atoms with Gasteiger partial charge in [-0.15, -0.1) is 0 Å². The van der Waals surface area contributed by atoms with E-state index in [1.807, 2.05) is 36.6 Å². The van der Waals surface area contributed by atoms with Crippen LogP contribution in [0.5, 0.6) is 5.75 Å². The van der Waals surface area contributed by atoms with Gasteiger partial charge in [-0.1, -0.05) is 0 Å². The number of pyridine rings is 1. The summed E-state index contributed by atoms with van der Waals surface area (Å²) in [6.45, 7) is 4.54. The predicted octanol–water partition coefficient (Wildman–Crippen LogP) is 2.83. The molecule has 9 nitrogen and oxygen atoms in total. The highest BCUT2D eigenvalue weighted by Gasteiger charge is 2.65. The third-order valence-electron chi connectivity index (χ3n) is 7.22. The predicted molar refractivity (Wildman–Crippen MR) is 130 cm³/mol. The Morgan fingerprint density at radius 2 is 2.19 bits per heavy atom. The second kappa shape index (κ2) is 9.25. The van der Waals surface area contributed by atoms with E-state index in [4.69, 9.17) is 20.1 Å². The van der Waals surface area contributed by atoms with Gasteiger partial charge in [0.1, 0.15) is 23.7 Å². The molecule has 2 bridgehead atoms. The fourth-order valence-corrected chi connectivity index (χ4v) is 5.52. The molecular weight excluding hydrogens is 491 g/mol. The topological polar surface area (TPSA) is 120 Å². The van der Waals surface area contributed by atoms with Crippen LogP contribution in [0.15, 0.2) is 34.5 Å². The minimum atomic E-state index is -4.96. The van der Waals surface area contributed by atoms with Crippen LogP contribution in [0.3, 0.4) is 0 Å². The number of halogens is 3. The minimum Gasteiger partial charge on any atom is -0.484 e. The van der Waals surface area contributed by atoms with Crippen LogP contribution in [0.4, 0.5) is 13.2 Å². The van der Waals surface area contributed by atoms with Gasteiger partial charge in [0.2, 0.25) is 0 Å². The van der Waals surface area contributed by atoms with Crippen molar-refractivity contribution in [3.05, 3.63) is 35.5 Å². The molecule has 2 unspecified atom stereocenters. The molecule has 0 spiro atoms. The van der Waals surface area contributed by atoms with Crippen molar-refractivity contribution in [3.8, 4) is 5.75 Å². The lowest BCUT2D eigenvalue weighted by molar-refractivity contribution is -0.174. The molecule has 1 saturated carbocycles. The highest BCUT2D eigenvalue weighted by molar-refractivity contribution is 6.32. The van der Waals surface area contributed by atoms with Crippen molar-refractivity contribution >= 4 is 28.7 Å². The van der Waals surface area contributed by atoms with Crippen LogP contribution < -0.4 is 15.9 Å². The number of carbonyl (C=O) groups excluding carboxylic acids is 1. The molecule has 37 heavy (non-hydrogen) atoms. The molecule has 1 aromatic carbocycles. The van der Waals surface area contributed by atoms with E-state index in [0.717, 1.165) is 22.9 Å². The molecule has 1 aromatic heterocycles. The largest absolute Gasteiger partial charge is 0.484 e. The van der Waals surface area contributed by atoms with Crippen LogP contribution in [-0.4, -0.2) is 65.5 Å². The number of benzene rings is 1. The van der Waals surface area contributed by atoms with Gasteiger partial charge < -0.3 is 25.4 Å². The number of ether oxygens (including phenoxy) is 3. The first-order valence-electron chi connectivity index (χ1n) is 12.0. The number of aliphatic imine (C=N–C) groups is 1. The van der Waals surface area contributed by atoms with Crippen LogP contribution in [0.25, 0.3) is 10.9 Å².